The van der Waals surface area contributed by atoms with Crippen molar-refractivity contribution in [1.82, 2.24) is 59.5 Å². The van der Waals surface area contributed by atoms with Gasteiger partial charge in [0.15, 0.2) is 11.3 Å². The number of nitrogens with zero attached hydrogens (tertiary/aromatic N) is 11. The van der Waals surface area contributed by atoms with Crippen molar-refractivity contribution in [3.05, 3.63) is 146 Å². The molecular weight excluding hydrogens is 1000 g/mol. The Morgan fingerprint density at radius 2 is 1.05 bits per heavy atom. The molecule has 0 radical (unpaired) electrons. The summed E-state index contributed by atoms with van der Waals surface area (Å²) in [7, 11) is 2.15. The Morgan fingerprint density at radius 1 is 0.575 bits per heavy atom. The number of ether oxygens (including phenoxy) is 2. The number of fused-ring (bicyclic) bond motifs is 2. The molecule has 2 unspecified atom stereocenters. The van der Waals surface area contributed by atoms with E-state index in [1.165, 1.54) is 64.0 Å². The fourth-order valence-corrected chi connectivity index (χ4v) is 11.6. The zero-order valence-corrected chi connectivity index (χ0v) is 45.4. The van der Waals surface area contributed by atoms with E-state index in [4.69, 9.17) is 31.1 Å². The summed E-state index contributed by atoms with van der Waals surface area (Å²) in [5.74, 6) is 3.87. The minimum atomic E-state index is -0.00560. The van der Waals surface area contributed by atoms with Crippen molar-refractivity contribution in [2.45, 2.75) is 94.8 Å². The van der Waals surface area contributed by atoms with E-state index in [1.807, 2.05) is 141 Å². The van der Waals surface area contributed by atoms with Crippen LogP contribution in [-0.2, 0) is 9.59 Å². The Kier molecular flexibility index (Phi) is 16.8. The van der Waals surface area contributed by atoms with Crippen LogP contribution >= 0.6 is 0 Å². The summed E-state index contributed by atoms with van der Waals surface area (Å²) in [4.78, 5) is 49.7. The molecule has 4 aromatic heterocycles. The van der Waals surface area contributed by atoms with Gasteiger partial charge in [0.25, 0.3) is 0 Å². The number of hydrogen-bond donors (Lipinski definition) is 3. The second kappa shape index (κ2) is 25.1. The van der Waals surface area contributed by atoms with Crippen LogP contribution < -0.4 is 26.3 Å². The second-order valence-electron chi connectivity index (χ2n) is 21.3. The minimum absolute atomic E-state index is 0.00440. The number of nitrogens with two attached hydrogens (primary N) is 2. The van der Waals surface area contributed by atoms with Crippen molar-refractivity contribution in [3.63, 3.8) is 0 Å². The SMILES string of the molecule is CN(C/C=C/C(=O)N1CCC(n2nc(-c3ccc(Oc4ccccc4)cc3)c3c(N)ncnc32)C1)C1CCCC1.Nc1ncnc2c1c(-c1ccc(Oc3ccccc3)cc1)nn2C1CCCN(C(=O)/C=C/CNC2CCCC2)C1. The van der Waals surface area contributed by atoms with E-state index in [2.05, 4.69) is 37.2 Å². The van der Waals surface area contributed by atoms with E-state index >= 15 is 0 Å². The Bertz CT molecular complexity index is 3430. The number of hydrogen-bond acceptors (Lipinski definition) is 14. The largest absolute Gasteiger partial charge is 0.457 e. The van der Waals surface area contributed by atoms with Gasteiger partial charge in [0, 0.05) is 74.6 Å². The molecule has 80 heavy (non-hydrogen) atoms. The Balaban J connectivity index is 0.000000169. The maximum Gasteiger partial charge on any atom is 0.246 e. The molecular formula is C62H70N14O4. The Morgan fingerprint density at radius 3 is 1.59 bits per heavy atom. The topological polar surface area (TPSA) is 214 Å². The third kappa shape index (κ3) is 12.5. The van der Waals surface area contributed by atoms with Crippen LogP contribution in [0.4, 0.5) is 11.6 Å². The van der Waals surface area contributed by atoms with Gasteiger partial charge < -0.3 is 36.1 Å². The van der Waals surface area contributed by atoms with Gasteiger partial charge in [-0.2, -0.15) is 10.2 Å². The molecule has 4 aromatic carbocycles. The Hall–Kier alpha value is -8.48. The number of benzene rings is 4. The van der Waals surface area contributed by atoms with Crippen molar-refractivity contribution in [3.8, 4) is 45.5 Å². The van der Waals surface area contributed by atoms with Crippen LogP contribution in [0.3, 0.4) is 0 Å². The zero-order valence-electron chi connectivity index (χ0n) is 45.4. The second-order valence-corrected chi connectivity index (χ2v) is 21.3. The van der Waals surface area contributed by atoms with E-state index in [-0.39, 0.29) is 23.9 Å². The first-order valence-electron chi connectivity index (χ1n) is 28.2. The number of nitrogen functional groups attached to an aromatic ring is 2. The molecule has 18 nitrogen and oxygen atoms in total. The molecule has 8 aromatic rings. The molecule has 0 bridgehead atoms. The normalized spacial score (nSPS) is 18.0. The van der Waals surface area contributed by atoms with Crippen LogP contribution in [0.5, 0.6) is 23.0 Å². The van der Waals surface area contributed by atoms with Crippen LogP contribution in [-0.4, -0.2) is 124 Å². The predicted octanol–water partition coefficient (Wildman–Crippen LogP) is 10.2. The Labute approximate surface area is 466 Å². The molecule has 18 heteroatoms. The predicted molar refractivity (Wildman–Crippen MR) is 312 cm³/mol. The first-order valence-corrected chi connectivity index (χ1v) is 28.2. The number of likely N-dealkylation sites (N-methyl/N-ethyl adjacent to an activating group) is 1. The molecule has 2 saturated carbocycles. The summed E-state index contributed by atoms with van der Waals surface area (Å²) in [6, 6.07) is 36.1. The molecule has 2 atom stereocenters. The lowest BCUT2D eigenvalue weighted by Crippen LogP contribution is -2.40. The van der Waals surface area contributed by atoms with E-state index in [1.54, 1.807) is 12.2 Å². The smallest absolute Gasteiger partial charge is 0.246 e. The van der Waals surface area contributed by atoms with Crippen molar-refractivity contribution in [1.29, 1.82) is 0 Å². The average Bonchev–Trinajstić information content (AvgIpc) is 4.47. The molecule has 4 fully saturated rings. The molecule has 4 aliphatic rings. The number of amides is 2. The number of anilines is 2. The quantitative estimate of drug-likeness (QED) is 0.0769. The number of nitrogens with one attached hydrogen (secondary N) is 1. The number of piperidine rings is 1. The highest BCUT2D eigenvalue weighted by Crippen LogP contribution is 2.37. The maximum absolute atomic E-state index is 13.0. The average molecular weight is 1080 g/mol. The highest BCUT2D eigenvalue weighted by Gasteiger charge is 2.31. The van der Waals surface area contributed by atoms with Crippen LogP contribution in [0.15, 0.2) is 146 Å². The van der Waals surface area contributed by atoms with Crippen molar-refractivity contribution in [2.75, 3.05) is 57.8 Å². The number of carbonyl (C=O) groups is 2. The lowest BCUT2D eigenvalue weighted by molar-refractivity contribution is -0.127. The molecule has 6 heterocycles. The van der Waals surface area contributed by atoms with Gasteiger partial charge in [-0.3, -0.25) is 14.5 Å². The molecule has 2 saturated heterocycles. The van der Waals surface area contributed by atoms with Crippen molar-refractivity contribution >= 4 is 45.5 Å². The van der Waals surface area contributed by atoms with E-state index < -0.39 is 0 Å². The monoisotopic (exact) mass is 1070 g/mol. The molecule has 412 valence electrons. The van der Waals surface area contributed by atoms with E-state index in [9.17, 15) is 9.59 Å². The molecule has 2 aliphatic carbocycles. The minimum Gasteiger partial charge on any atom is -0.457 e. The van der Waals surface area contributed by atoms with Gasteiger partial charge in [0.1, 0.15) is 58.7 Å². The maximum atomic E-state index is 13.0. The highest BCUT2D eigenvalue weighted by atomic mass is 16.5. The molecule has 5 N–H and O–H groups in total. The molecule has 12 rings (SSSR count). The number of likely N-dealkylation sites (tertiary alicyclic amines) is 2. The molecule has 2 aliphatic heterocycles. The van der Waals surface area contributed by atoms with Gasteiger partial charge >= 0.3 is 0 Å². The number of rotatable bonds is 16. The molecule has 2 amide bonds. The standard InChI is InChI=1S/2C31H35N7O2/c1-36(23-8-5-6-9-23)18-7-12-27(39)37-19-17-24(20-37)38-31-28(30(32)33-21-34-31)29(35-38)22-13-15-26(16-14-22)40-25-10-3-2-4-11-25;32-30-28-29(22-14-16-26(17-15-22)40-25-11-2-1-3-12-25)36-38(31(28)35-21-34-30)24-10-7-19-37(20-24)27(39)13-6-18-33-23-8-4-5-9-23/h2-4,7,10-16,21,23-24H,5-6,8-9,17-20H2,1H3,(H2,32,33,34);1-3,6,11-17,21,23-24,33H,4-5,7-10,18-20H2,(H2,32,34,35)/b12-7+;13-6+. The summed E-state index contributed by atoms with van der Waals surface area (Å²) in [5.41, 5.74) is 17.3. The van der Waals surface area contributed by atoms with Crippen LogP contribution in [0.2, 0.25) is 0 Å². The van der Waals surface area contributed by atoms with Gasteiger partial charge in [0.05, 0.1) is 22.9 Å². The van der Waals surface area contributed by atoms with Gasteiger partial charge in [-0.05, 0) is 125 Å². The van der Waals surface area contributed by atoms with Crippen LogP contribution in [0.25, 0.3) is 44.6 Å². The summed E-state index contributed by atoms with van der Waals surface area (Å²) in [6.07, 6.45) is 23.1. The van der Waals surface area contributed by atoms with Crippen molar-refractivity contribution in [2.24, 2.45) is 0 Å². The van der Waals surface area contributed by atoms with Gasteiger partial charge in [-0.25, -0.2) is 29.3 Å². The lowest BCUT2D eigenvalue weighted by Gasteiger charge is -2.32. The molecule has 0 spiro atoms. The first-order chi connectivity index (χ1) is 39.2. The van der Waals surface area contributed by atoms with Crippen LogP contribution in [0, 0.1) is 0 Å². The number of para-hydroxylation sites is 2. The third-order valence-corrected chi connectivity index (χ3v) is 15.9. The fourth-order valence-electron chi connectivity index (χ4n) is 11.6. The van der Waals surface area contributed by atoms with Gasteiger partial charge in [-0.15, -0.1) is 0 Å². The van der Waals surface area contributed by atoms with Gasteiger partial charge in [0.2, 0.25) is 11.8 Å². The number of aromatic nitrogens is 8. The third-order valence-electron chi connectivity index (χ3n) is 15.9. The van der Waals surface area contributed by atoms with Gasteiger partial charge in [-0.1, -0.05) is 74.2 Å². The zero-order chi connectivity index (χ0) is 54.8. The lowest BCUT2D eigenvalue weighted by atomic mass is 10.1. The van der Waals surface area contributed by atoms with E-state index in [0.29, 0.717) is 54.6 Å². The summed E-state index contributed by atoms with van der Waals surface area (Å²) < 4.78 is 15.8. The summed E-state index contributed by atoms with van der Waals surface area (Å²) in [5, 5.41) is 14.9. The first kappa shape index (κ1) is 53.5. The number of carbonyl (C=O) groups excluding carboxylic acids is 2. The summed E-state index contributed by atoms with van der Waals surface area (Å²) >= 11 is 0. The summed E-state index contributed by atoms with van der Waals surface area (Å²) in [6.45, 7) is 4.09. The fraction of sp³-hybridized carbons (Fsp3) is 0.355. The van der Waals surface area contributed by atoms with Crippen LogP contribution in [0.1, 0.15) is 82.7 Å². The van der Waals surface area contributed by atoms with E-state index in [0.717, 1.165) is 95.2 Å². The van der Waals surface area contributed by atoms with Crippen molar-refractivity contribution < 1.29 is 19.1 Å². The highest BCUT2D eigenvalue weighted by molar-refractivity contribution is 5.99.